The van der Waals surface area contributed by atoms with E-state index in [0.717, 1.165) is 11.1 Å². The molecular weight excluding hydrogens is 486 g/mol. The highest BCUT2D eigenvalue weighted by molar-refractivity contribution is 6.24. The quantitative estimate of drug-likeness (QED) is 0.537. The van der Waals surface area contributed by atoms with Crippen LogP contribution < -0.4 is 24.4 Å². The number of carbonyl (C=O) groups excluding carboxylic acids is 3. The van der Waals surface area contributed by atoms with Crippen LogP contribution in [0.15, 0.2) is 72.9 Å². The first-order valence-electron chi connectivity index (χ1n) is 12.3. The molecule has 190 valence electrons. The minimum absolute atomic E-state index is 0.122. The Balaban J connectivity index is 1.28. The predicted octanol–water partition coefficient (Wildman–Crippen LogP) is 3.58. The smallest absolute Gasteiger partial charge is 0.247 e. The van der Waals surface area contributed by atoms with E-state index in [1.807, 2.05) is 41.4 Å². The maximum Gasteiger partial charge on any atom is 0.247 e. The lowest BCUT2D eigenvalue weighted by atomic mass is 9.84. The number of amides is 3. The number of benzene rings is 3. The third kappa shape index (κ3) is 3.21. The molecule has 7 rings (SSSR count). The van der Waals surface area contributed by atoms with E-state index in [9.17, 15) is 14.4 Å². The fraction of sp³-hybridized carbons (Fsp3) is 0.207. The molecule has 0 unspecified atom stereocenters. The van der Waals surface area contributed by atoms with Crippen LogP contribution in [0.5, 0.6) is 17.2 Å². The molecule has 4 atom stereocenters. The third-order valence-electron chi connectivity index (χ3n) is 7.70. The van der Waals surface area contributed by atoms with Gasteiger partial charge in [-0.1, -0.05) is 24.3 Å². The van der Waals surface area contributed by atoms with Crippen LogP contribution >= 0.6 is 0 Å². The summed E-state index contributed by atoms with van der Waals surface area (Å²) in [7, 11) is 1.55. The maximum absolute atomic E-state index is 13.9. The molecule has 3 aromatic rings. The second-order valence-corrected chi connectivity index (χ2v) is 9.60. The van der Waals surface area contributed by atoms with E-state index >= 15 is 0 Å². The lowest BCUT2D eigenvalue weighted by molar-refractivity contribution is -0.128. The van der Waals surface area contributed by atoms with Crippen molar-refractivity contribution < 1.29 is 28.6 Å². The average molecular weight is 510 g/mol. The van der Waals surface area contributed by atoms with Crippen LogP contribution in [0.2, 0.25) is 0 Å². The van der Waals surface area contributed by atoms with Crippen molar-refractivity contribution in [3.63, 3.8) is 0 Å². The fourth-order valence-corrected chi connectivity index (χ4v) is 6.03. The molecule has 1 N–H and O–H groups in total. The third-order valence-corrected chi connectivity index (χ3v) is 7.70. The molecule has 4 heterocycles. The van der Waals surface area contributed by atoms with Gasteiger partial charge in [-0.2, -0.15) is 0 Å². The van der Waals surface area contributed by atoms with Crippen LogP contribution in [0.4, 0.5) is 11.4 Å². The molecule has 0 aromatic heterocycles. The van der Waals surface area contributed by atoms with Crippen LogP contribution in [-0.4, -0.2) is 42.6 Å². The zero-order chi connectivity index (χ0) is 26.0. The number of rotatable bonds is 4. The van der Waals surface area contributed by atoms with Crippen molar-refractivity contribution >= 4 is 35.2 Å². The van der Waals surface area contributed by atoms with Gasteiger partial charge in [0, 0.05) is 18.0 Å². The molecule has 4 aliphatic heterocycles. The Kier molecular flexibility index (Phi) is 4.94. The van der Waals surface area contributed by atoms with Gasteiger partial charge < -0.3 is 24.4 Å². The van der Waals surface area contributed by atoms with Gasteiger partial charge in [-0.3, -0.25) is 14.4 Å². The summed E-state index contributed by atoms with van der Waals surface area (Å²) in [5.41, 5.74) is 2.86. The van der Waals surface area contributed by atoms with Crippen LogP contribution in [0.25, 0.3) is 6.08 Å². The number of fused-ring (bicyclic) bond motifs is 6. The number of hydrogen-bond acceptors (Lipinski definition) is 7. The Morgan fingerprint density at radius 2 is 1.71 bits per heavy atom. The monoisotopic (exact) mass is 509 g/mol. The predicted molar refractivity (Wildman–Crippen MR) is 138 cm³/mol. The lowest BCUT2D eigenvalue weighted by Gasteiger charge is -2.35. The van der Waals surface area contributed by atoms with Crippen LogP contribution in [0, 0.1) is 11.8 Å². The van der Waals surface area contributed by atoms with Crippen molar-refractivity contribution in [1.82, 2.24) is 4.90 Å². The van der Waals surface area contributed by atoms with Crippen molar-refractivity contribution in [3.8, 4) is 17.2 Å². The number of carbonyl (C=O) groups is 3. The first-order chi connectivity index (χ1) is 18.5. The summed E-state index contributed by atoms with van der Waals surface area (Å²) < 4.78 is 16.0. The molecule has 0 radical (unpaired) electrons. The minimum atomic E-state index is -0.889. The number of imide groups is 1. The average Bonchev–Trinajstić information content (AvgIpc) is 3.61. The van der Waals surface area contributed by atoms with E-state index in [-0.39, 0.29) is 18.6 Å². The second-order valence-electron chi connectivity index (χ2n) is 9.60. The fourth-order valence-electron chi connectivity index (χ4n) is 6.03. The van der Waals surface area contributed by atoms with Crippen molar-refractivity contribution in [2.75, 3.05) is 24.1 Å². The Morgan fingerprint density at radius 1 is 0.947 bits per heavy atom. The summed E-state index contributed by atoms with van der Waals surface area (Å²) in [6.45, 7) is 0.122. The molecule has 9 nitrogen and oxygen atoms in total. The standard InChI is InChI=1S/C29H23N3O6/c1-36-19-9-7-18(8-10-19)32-28(34)23-24(29(32)35)26(31-13-12-16-4-2-3-5-20(16)25(23)31)27(33)30-17-6-11-21-22(14-17)38-15-37-21/h2-14,23-26H,15H2,1H3,(H,30,33)/t23-,24+,25-,26-/m0/s1. The first kappa shape index (κ1) is 22.4. The molecule has 2 saturated heterocycles. The summed E-state index contributed by atoms with van der Waals surface area (Å²) in [4.78, 5) is 44.8. The lowest BCUT2D eigenvalue weighted by Crippen LogP contribution is -2.46. The Morgan fingerprint density at radius 3 is 2.53 bits per heavy atom. The summed E-state index contributed by atoms with van der Waals surface area (Å²) >= 11 is 0. The van der Waals surface area contributed by atoms with Gasteiger partial charge >= 0.3 is 0 Å². The highest BCUT2D eigenvalue weighted by atomic mass is 16.7. The van der Waals surface area contributed by atoms with Gasteiger partial charge in [0.1, 0.15) is 11.8 Å². The number of nitrogens with one attached hydrogen (secondary N) is 1. The van der Waals surface area contributed by atoms with Crippen LogP contribution in [0.3, 0.4) is 0 Å². The Labute approximate surface area is 218 Å². The van der Waals surface area contributed by atoms with Gasteiger partial charge in [-0.25, -0.2) is 4.90 Å². The molecule has 38 heavy (non-hydrogen) atoms. The van der Waals surface area contributed by atoms with E-state index in [1.165, 1.54) is 4.90 Å². The molecular formula is C29H23N3O6. The SMILES string of the molecule is COc1ccc(N2C(=O)[C@@H]3[C@H](C2=O)[C@@H]2c4ccccc4C=CN2[C@@H]3C(=O)Nc2ccc3c(c2)OCO3)cc1. The Bertz CT molecular complexity index is 1520. The summed E-state index contributed by atoms with van der Waals surface area (Å²) in [5.74, 6) is -0.905. The van der Waals surface area contributed by atoms with E-state index < -0.39 is 29.8 Å². The largest absolute Gasteiger partial charge is 0.497 e. The second kappa shape index (κ2) is 8.37. The van der Waals surface area contributed by atoms with Gasteiger partial charge in [-0.15, -0.1) is 0 Å². The molecule has 3 aromatic carbocycles. The molecule has 0 spiro atoms. The molecule has 4 aliphatic rings. The highest BCUT2D eigenvalue weighted by Crippen LogP contribution is 2.53. The normalized spacial score (nSPS) is 24.2. The van der Waals surface area contributed by atoms with Gasteiger partial charge in [0.25, 0.3) is 0 Å². The van der Waals surface area contributed by atoms with Gasteiger partial charge in [-0.05, 0) is 53.6 Å². The van der Waals surface area contributed by atoms with E-state index in [4.69, 9.17) is 14.2 Å². The maximum atomic E-state index is 13.9. The zero-order valence-corrected chi connectivity index (χ0v) is 20.4. The summed E-state index contributed by atoms with van der Waals surface area (Å²) in [6, 6.07) is 18.4. The van der Waals surface area contributed by atoms with E-state index in [1.54, 1.807) is 49.6 Å². The van der Waals surface area contributed by atoms with Crippen molar-refractivity contribution in [1.29, 1.82) is 0 Å². The van der Waals surface area contributed by atoms with Gasteiger partial charge in [0.15, 0.2) is 11.5 Å². The number of nitrogens with zero attached hydrogens (tertiary/aromatic N) is 2. The van der Waals surface area contributed by atoms with Crippen LogP contribution in [0.1, 0.15) is 17.2 Å². The van der Waals surface area contributed by atoms with Gasteiger partial charge in [0.2, 0.25) is 24.5 Å². The molecule has 2 fully saturated rings. The molecule has 3 amide bonds. The molecule has 0 bridgehead atoms. The van der Waals surface area contributed by atoms with Crippen molar-refractivity contribution in [2.24, 2.45) is 11.8 Å². The number of anilines is 2. The molecule has 0 aliphatic carbocycles. The summed E-state index contributed by atoms with van der Waals surface area (Å²) in [6.07, 6.45) is 3.75. The van der Waals surface area contributed by atoms with Crippen molar-refractivity contribution in [3.05, 3.63) is 84.1 Å². The highest BCUT2D eigenvalue weighted by Gasteiger charge is 2.64. The zero-order valence-electron chi connectivity index (χ0n) is 20.4. The number of hydrogen-bond donors (Lipinski definition) is 1. The van der Waals surface area contributed by atoms with Gasteiger partial charge in [0.05, 0.1) is 30.7 Å². The summed E-state index contributed by atoms with van der Waals surface area (Å²) in [5, 5.41) is 2.94. The van der Waals surface area contributed by atoms with Crippen LogP contribution in [-0.2, 0) is 14.4 Å². The van der Waals surface area contributed by atoms with E-state index in [2.05, 4.69) is 5.32 Å². The number of methoxy groups -OCH3 is 1. The minimum Gasteiger partial charge on any atom is -0.497 e. The van der Waals surface area contributed by atoms with Crippen molar-refractivity contribution in [2.45, 2.75) is 12.1 Å². The topological polar surface area (TPSA) is 97.4 Å². The first-order valence-corrected chi connectivity index (χ1v) is 12.3. The Hall–Kier alpha value is -4.79. The molecule has 0 saturated carbocycles. The molecule has 9 heteroatoms. The number of ether oxygens (including phenoxy) is 3. The van der Waals surface area contributed by atoms with E-state index in [0.29, 0.717) is 28.6 Å².